The van der Waals surface area contributed by atoms with Crippen LogP contribution in [0.3, 0.4) is 0 Å². The van der Waals surface area contributed by atoms with Crippen LogP contribution in [-0.4, -0.2) is 28.8 Å². The van der Waals surface area contributed by atoms with Gasteiger partial charge in [0.15, 0.2) is 0 Å². The summed E-state index contributed by atoms with van der Waals surface area (Å²) in [6, 6.07) is 14.0. The minimum atomic E-state index is -0.0498. The van der Waals surface area contributed by atoms with E-state index in [1.807, 2.05) is 43.3 Å². The molecule has 0 radical (unpaired) electrons. The van der Waals surface area contributed by atoms with Gasteiger partial charge in [-0.2, -0.15) is 5.26 Å². The first-order valence-electron chi connectivity index (χ1n) is 14.6. The highest BCUT2D eigenvalue weighted by Gasteiger charge is 2.20. The van der Waals surface area contributed by atoms with Gasteiger partial charge >= 0.3 is 0 Å². The fourth-order valence-electron chi connectivity index (χ4n) is 4.94. The zero-order valence-electron chi connectivity index (χ0n) is 25.4. The topological polar surface area (TPSA) is 73.0 Å². The van der Waals surface area contributed by atoms with E-state index >= 15 is 0 Å². The molecule has 42 heavy (non-hydrogen) atoms. The first kappa shape index (κ1) is 34.2. The molecule has 3 rings (SSSR count). The average molecular weight is 565 g/mol. The van der Waals surface area contributed by atoms with Gasteiger partial charge in [-0.3, -0.25) is 4.98 Å². The van der Waals surface area contributed by atoms with Crippen molar-refractivity contribution in [1.29, 1.82) is 10.7 Å². The fourth-order valence-corrected chi connectivity index (χ4v) is 4.94. The summed E-state index contributed by atoms with van der Waals surface area (Å²) >= 11 is 0. The smallest absolute Gasteiger partial charge is 0.0998 e. The molecule has 0 fully saturated rings. The van der Waals surface area contributed by atoms with Crippen molar-refractivity contribution in [2.24, 2.45) is 5.92 Å². The van der Waals surface area contributed by atoms with Gasteiger partial charge in [0.2, 0.25) is 0 Å². The molecule has 0 spiro atoms. The molecule has 1 aromatic heterocycles. The Balaban J connectivity index is 0.00000616. The molecule has 0 aliphatic carbocycles. The Morgan fingerprint density at radius 3 is 2.64 bits per heavy atom. The molecular weight excluding hydrogens is 516 g/mol. The second kappa shape index (κ2) is 17.1. The van der Waals surface area contributed by atoms with Crippen molar-refractivity contribution in [3.05, 3.63) is 119 Å². The van der Waals surface area contributed by atoms with E-state index < -0.39 is 0 Å². The third-order valence-electron chi connectivity index (χ3n) is 7.40. The van der Waals surface area contributed by atoms with E-state index in [-0.39, 0.29) is 19.4 Å². The quantitative estimate of drug-likeness (QED) is 0.246. The van der Waals surface area contributed by atoms with Crippen LogP contribution in [0.2, 0.25) is 0 Å². The van der Waals surface area contributed by atoms with Crippen LogP contribution in [0.1, 0.15) is 89.6 Å². The van der Waals surface area contributed by atoms with E-state index in [4.69, 9.17) is 10.1 Å². The lowest BCUT2D eigenvalue weighted by molar-refractivity contribution is 0.109. The lowest BCUT2D eigenvalue weighted by Crippen LogP contribution is -2.16. The maximum absolute atomic E-state index is 9.90. The third-order valence-corrected chi connectivity index (χ3v) is 7.40. The molecule has 2 heterocycles. The maximum atomic E-state index is 9.90. The van der Waals surface area contributed by atoms with Crippen molar-refractivity contribution in [2.45, 2.75) is 80.3 Å². The Labute approximate surface area is 254 Å². The van der Waals surface area contributed by atoms with Crippen LogP contribution in [0.5, 0.6) is 0 Å². The summed E-state index contributed by atoms with van der Waals surface area (Å²) in [6.45, 7) is 10.5. The van der Waals surface area contributed by atoms with Crippen LogP contribution in [-0.2, 0) is 4.74 Å². The molecule has 2 aromatic rings. The number of methoxy groups -OCH3 is 1. The Morgan fingerprint density at radius 1 is 1.21 bits per heavy atom. The summed E-state index contributed by atoms with van der Waals surface area (Å²) in [7, 11) is 1.76. The summed E-state index contributed by atoms with van der Waals surface area (Å²) in [5.74, 6) is -0.0498. The van der Waals surface area contributed by atoms with Crippen LogP contribution in [0.15, 0.2) is 96.1 Å². The molecule has 0 saturated heterocycles. The number of hydrogen-bond donors (Lipinski definition) is 1. The second-order valence-electron chi connectivity index (χ2n) is 10.6. The van der Waals surface area contributed by atoms with Gasteiger partial charge in [-0.15, -0.1) is 0 Å². The number of benzene rings is 1. The van der Waals surface area contributed by atoms with E-state index in [1.54, 1.807) is 13.3 Å². The highest BCUT2D eigenvalue weighted by molar-refractivity contribution is 6.01. The molecule has 5 nitrogen and oxygen atoms in total. The average Bonchev–Trinajstić information content (AvgIpc) is 2.98. The normalized spacial score (nSPS) is 16.0. The number of nitrogens with zero attached hydrogens (tertiary/aromatic N) is 3. The Kier molecular flexibility index (Phi) is 13.9. The summed E-state index contributed by atoms with van der Waals surface area (Å²) in [6.07, 6.45) is 19.9. The molecule has 0 amide bonds. The lowest BCUT2D eigenvalue weighted by Gasteiger charge is -2.27. The number of aryl methyl sites for hydroxylation is 1. The van der Waals surface area contributed by atoms with Crippen LogP contribution >= 0.6 is 0 Å². The monoisotopic (exact) mass is 564 g/mol. The van der Waals surface area contributed by atoms with Crippen LogP contribution in [0.4, 0.5) is 0 Å². The minimum Gasteiger partial charge on any atom is -0.382 e. The largest absolute Gasteiger partial charge is 0.382 e. The second-order valence-corrected chi connectivity index (χ2v) is 10.6. The van der Waals surface area contributed by atoms with E-state index in [0.29, 0.717) is 11.3 Å². The molecular formula is C37H48N4O. The van der Waals surface area contributed by atoms with Gasteiger partial charge in [0.1, 0.15) is 0 Å². The van der Waals surface area contributed by atoms with E-state index in [2.05, 4.69) is 80.4 Å². The highest BCUT2D eigenvalue weighted by atomic mass is 16.5. The summed E-state index contributed by atoms with van der Waals surface area (Å²) in [5.41, 5.74) is 8.35. The SMILES string of the molecule is C.CC/C=C1/C=C(c2ccccc2C#N)C(/C=C/C(CC)C(=N)c2ccnc(C)c2)=CN1/C=C(\C)CCCC(C)OC. The number of pyridine rings is 1. The highest BCUT2D eigenvalue weighted by Crippen LogP contribution is 2.35. The van der Waals surface area contributed by atoms with Crippen molar-refractivity contribution in [3.63, 3.8) is 0 Å². The summed E-state index contributed by atoms with van der Waals surface area (Å²) in [5, 5.41) is 18.8. The fraction of sp³-hybridized carbons (Fsp3) is 0.378. The van der Waals surface area contributed by atoms with Crippen LogP contribution in [0, 0.1) is 29.6 Å². The molecule has 5 heteroatoms. The molecule has 222 valence electrons. The predicted octanol–water partition coefficient (Wildman–Crippen LogP) is 9.53. The number of nitriles is 1. The van der Waals surface area contributed by atoms with Gasteiger partial charge in [-0.05, 0) is 93.9 Å². The van der Waals surface area contributed by atoms with Crippen molar-refractivity contribution in [3.8, 4) is 6.07 Å². The molecule has 0 saturated carbocycles. The standard InChI is InChI=1S/C36H44N4O.CH4/c1-7-12-33-22-35(34-16-10-9-15-31(34)23-37)32(25-40(33)24-26(3)13-11-14-28(5)41-6)18-17-29(8-2)36(38)30-19-20-39-27(4)21-30;/h9-10,12,15-22,24-25,28-29,38H,7-8,11,13-14H2,1-6H3;1H4/b18-17+,26-24+,33-12-,38-36?;. The molecule has 2 unspecified atom stereocenters. The third kappa shape index (κ3) is 9.26. The van der Waals surface area contributed by atoms with Crippen LogP contribution in [0.25, 0.3) is 5.57 Å². The van der Waals surface area contributed by atoms with Gasteiger partial charge < -0.3 is 15.0 Å². The van der Waals surface area contributed by atoms with Gasteiger partial charge in [-0.25, -0.2) is 0 Å². The summed E-state index contributed by atoms with van der Waals surface area (Å²) in [4.78, 5) is 6.50. The van der Waals surface area contributed by atoms with E-state index in [1.165, 1.54) is 5.57 Å². The first-order valence-corrected chi connectivity index (χ1v) is 14.6. The van der Waals surface area contributed by atoms with Crippen molar-refractivity contribution in [1.82, 2.24) is 9.88 Å². The van der Waals surface area contributed by atoms with Crippen LogP contribution < -0.4 is 0 Å². The molecule has 1 aromatic carbocycles. The number of nitrogens with one attached hydrogen (secondary N) is 1. The maximum Gasteiger partial charge on any atom is 0.0998 e. The van der Waals surface area contributed by atoms with Gasteiger partial charge in [0.05, 0.1) is 17.7 Å². The Bertz CT molecular complexity index is 1400. The van der Waals surface area contributed by atoms with Crippen molar-refractivity contribution in [2.75, 3.05) is 7.11 Å². The minimum absolute atomic E-state index is 0. The van der Waals surface area contributed by atoms with Gasteiger partial charge in [-0.1, -0.05) is 63.3 Å². The zero-order chi connectivity index (χ0) is 29.8. The molecule has 1 aliphatic rings. The zero-order valence-corrected chi connectivity index (χ0v) is 25.4. The predicted molar refractivity (Wildman–Crippen MR) is 177 cm³/mol. The number of aromatic nitrogens is 1. The lowest BCUT2D eigenvalue weighted by atomic mass is 9.89. The number of allylic oxidation sites excluding steroid dienone is 7. The number of hydrogen-bond acceptors (Lipinski definition) is 5. The van der Waals surface area contributed by atoms with E-state index in [9.17, 15) is 5.26 Å². The van der Waals surface area contributed by atoms with Crippen molar-refractivity contribution >= 4 is 11.3 Å². The first-order chi connectivity index (χ1) is 19.8. The number of rotatable bonds is 13. The van der Waals surface area contributed by atoms with E-state index in [0.717, 1.165) is 65.8 Å². The molecule has 1 aliphatic heterocycles. The Morgan fingerprint density at radius 2 is 1.98 bits per heavy atom. The van der Waals surface area contributed by atoms with Gasteiger partial charge in [0.25, 0.3) is 0 Å². The number of ether oxygens (including phenoxy) is 1. The van der Waals surface area contributed by atoms with Gasteiger partial charge in [0, 0.05) is 54.3 Å². The molecule has 1 N–H and O–H groups in total. The summed E-state index contributed by atoms with van der Waals surface area (Å²) < 4.78 is 5.42. The molecule has 0 bridgehead atoms. The van der Waals surface area contributed by atoms with Crippen molar-refractivity contribution < 1.29 is 4.74 Å². The Hall–Kier alpha value is -4.01. The molecule has 2 atom stereocenters.